The highest BCUT2D eigenvalue weighted by Crippen LogP contribution is 2.26. The van der Waals surface area contributed by atoms with E-state index in [1.54, 1.807) is 12.1 Å². The van der Waals surface area contributed by atoms with E-state index in [0.717, 1.165) is 5.56 Å². The monoisotopic (exact) mass is 317 g/mol. The molecule has 3 rings (SSSR count). The number of rotatable bonds is 3. The van der Waals surface area contributed by atoms with Crippen molar-refractivity contribution >= 4 is 16.7 Å². The summed E-state index contributed by atoms with van der Waals surface area (Å²) >= 11 is 0. The summed E-state index contributed by atoms with van der Waals surface area (Å²) in [5.41, 5.74) is 6.99. The van der Waals surface area contributed by atoms with Gasteiger partial charge in [0.1, 0.15) is 11.6 Å². The number of fused-ring (bicyclic) bond motifs is 1. The summed E-state index contributed by atoms with van der Waals surface area (Å²) in [5, 5.41) is 0.481. The van der Waals surface area contributed by atoms with Gasteiger partial charge < -0.3 is 10.5 Å². The number of alkyl halides is 2. The quantitative estimate of drug-likeness (QED) is 0.806. The molecule has 0 spiro atoms. The first-order chi connectivity index (χ1) is 11.0. The molecule has 0 saturated heterocycles. The second kappa shape index (κ2) is 5.68. The molecule has 0 atom stereocenters. The fourth-order valence-electron chi connectivity index (χ4n) is 2.45. The molecule has 0 fully saturated rings. The lowest BCUT2D eigenvalue weighted by Gasteiger charge is -2.14. The number of benzene rings is 2. The van der Waals surface area contributed by atoms with Crippen molar-refractivity contribution in [1.29, 1.82) is 0 Å². The zero-order valence-corrected chi connectivity index (χ0v) is 12.2. The van der Waals surface area contributed by atoms with Crippen molar-refractivity contribution in [3.05, 3.63) is 58.5 Å². The average molecular weight is 317 g/mol. The summed E-state index contributed by atoms with van der Waals surface area (Å²) < 4.78 is 30.6. The van der Waals surface area contributed by atoms with Crippen LogP contribution in [0.1, 0.15) is 5.56 Å². The lowest BCUT2D eigenvalue weighted by molar-refractivity contribution is -0.0497. The molecule has 23 heavy (non-hydrogen) atoms. The third-order valence-corrected chi connectivity index (χ3v) is 3.47. The minimum Gasteiger partial charge on any atom is -0.435 e. The minimum absolute atomic E-state index is 0.0402. The standard InChI is InChI=1S/C16H13F2N3O2/c1-9-4-2-3-5-12(9)21-13-8-10(23-15(17)18)6-7-11(13)14(19)20-16(21)22/h2-8,15H,1H3,(H2,19,20,22). The van der Waals surface area contributed by atoms with E-state index >= 15 is 0 Å². The molecule has 1 heterocycles. The molecule has 1 aromatic heterocycles. The van der Waals surface area contributed by atoms with E-state index in [0.29, 0.717) is 16.6 Å². The molecule has 0 aliphatic heterocycles. The van der Waals surface area contributed by atoms with Crippen molar-refractivity contribution in [2.75, 3.05) is 5.73 Å². The Balaban J connectivity index is 2.36. The average Bonchev–Trinajstić information content (AvgIpc) is 2.48. The van der Waals surface area contributed by atoms with Crippen molar-refractivity contribution in [3.8, 4) is 11.4 Å². The molecule has 5 nitrogen and oxygen atoms in total. The number of para-hydroxylation sites is 1. The highest BCUT2D eigenvalue weighted by Gasteiger charge is 2.14. The van der Waals surface area contributed by atoms with Gasteiger partial charge in [0.05, 0.1) is 11.2 Å². The molecule has 0 unspecified atom stereocenters. The highest BCUT2D eigenvalue weighted by atomic mass is 19.3. The van der Waals surface area contributed by atoms with Crippen LogP contribution in [0.5, 0.6) is 5.75 Å². The predicted octanol–water partition coefficient (Wildman–Crippen LogP) is 2.88. The van der Waals surface area contributed by atoms with Crippen LogP contribution in [-0.4, -0.2) is 16.2 Å². The van der Waals surface area contributed by atoms with Crippen LogP contribution in [0.4, 0.5) is 14.6 Å². The van der Waals surface area contributed by atoms with Crippen molar-refractivity contribution in [1.82, 2.24) is 9.55 Å². The van der Waals surface area contributed by atoms with Crippen LogP contribution < -0.4 is 16.2 Å². The Morgan fingerprint density at radius 2 is 1.96 bits per heavy atom. The molecule has 3 aromatic rings. The van der Waals surface area contributed by atoms with E-state index < -0.39 is 12.3 Å². The summed E-state index contributed by atoms with van der Waals surface area (Å²) in [5.74, 6) is -0.0155. The number of aryl methyl sites for hydroxylation is 1. The van der Waals surface area contributed by atoms with Gasteiger partial charge in [0.25, 0.3) is 0 Å². The first-order valence-corrected chi connectivity index (χ1v) is 6.80. The number of ether oxygens (including phenoxy) is 1. The summed E-state index contributed by atoms with van der Waals surface area (Å²) in [4.78, 5) is 16.1. The van der Waals surface area contributed by atoms with Gasteiger partial charge in [0.2, 0.25) is 0 Å². The maximum Gasteiger partial charge on any atom is 0.387 e. The molecular formula is C16H13F2N3O2. The number of aromatic nitrogens is 2. The van der Waals surface area contributed by atoms with E-state index in [2.05, 4.69) is 9.72 Å². The smallest absolute Gasteiger partial charge is 0.387 e. The zero-order chi connectivity index (χ0) is 16.6. The van der Waals surface area contributed by atoms with E-state index in [1.165, 1.54) is 22.8 Å². The Morgan fingerprint density at radius 1 is 1.22 bits per heavy atom. The summed E-state index contributed by atoms with van der Waals surface area (Å²) in [7, 11) is 0. The van der Waals surface area contributed by atoms with Crippen LogP contribution >= 0.6 is 0 Å². The van der Waals surface area contributed by atoms with Crippen molar-refractivity contribution < 1.29 is 13.5 Å². The van der Waals surface area contributed by atoms with Crippen LogP contribution in [0.25, 0.3) is 16.6 Å². The molecular weight excluding hydrogens is 304 g/mol. The van der Waals surface area contributed by atoms with Gasteiger partial charge in [-0.1, -0.05) is 18.2 Å². The summed E-state index contributed by atoms with van der Waals surface area (Å²) in [6.45, 7) is -1.12. The molecule has 0 aliphatic rings. The third-order valence-electron chi connectivity index (χ3n) is 3.47. The maximum absolute atomic E-state index is 12.4. The zero-order valence-electron chi connectivity index (χ0n) is 12.2. The maximum atomic E-state index is 12.4. The lowest BCUT2D eigenvalue weighted by Crippen LogP contribution is -2.23. The number of nitrogen functional groups attached to an aromatic ring is 1. The lowest BCUT2D eigenvalue weighted by atomic mass is 10.1. The highest BCUT2D eigenvalue weighted by molar-refractivity contribution is 5.90. The fourth-order valence-corrected chi connectivity index (χ4v) is 2.45. The normalized spacial score (nSPS) is 11.1. The Hall–Kier alpha value is -2.96. The predicted molar refractivity (Wildman–Crippen MR) is 83.1 cm³/mol. The van der Waals surface area contributed by atoms with E-state index in [1.807, 2.05) is 19.1 Å². The van der Waals surface area contributed by atoms with Crippen LogP contribution in [0.15, 0.2) is 47.3 Å². The van der Waals surface area contributed by atoms with Gasteiger partial charge >= 0.3 is 12.3 Å². The van der Waals surface area contributed by atoms with E-state index in [4.69, 9.17) is 5.73 Å². The van der Waals surface area contributed by atoms with E-state index in [-0.39, 0.29) is 11.6 Å². The van der Waals surface area contributed by atoms with Crippen LogP contribution in [0.3, 0.4) is 0 Å². The van der Waals surface area contributed by atoms with Gasteiger partial charge in [-0.25, -0.2) is 4.79 Å². The number of nitrogens with zero attached hydrogens (tertiary/aromatic N) is 2. The molecule has 2 N–H and O–H groups in total. The first-order valence-electron chi connectivity index (χ1n) is 6.80. The van der Waals surface area contributed by atoms with Gasteiger partial charge in [0.15, 0.2) is 0 Å². The minimum atomic E-state index is -2.95. The number of halogens is 2. The molecule has 0 bridgehead atoms. The SMILES string of the molecule is Cc1ccccc1-n1c(=O)nc(N)c2ccc(OC(F)F)cc21. The number of anilines is 1. The fraction of sp³-hybridized carbons (Fsp3) is 0.125. The Kier molecular flexibility index (Phi) is 3.69. The molecule has 0 aliphatic carbocycles. The van der Waals surface area contributed by atoms with Gasteiger partial charge in [-0.3, -0.25) is 4.57 Å². The number of hydrogen-bond donors (Lipinski definition) is 1. The summed E-state index contributed by atoms with van der Waals surface area (Å²) in [6, 6.07) is 11.4. The molecule has 2 aromatic carbocycles. The second-order valence-electron chi connectivity index (χ2n) is 4.96. The third kappa shape index (κ3) is 2.73. The summed E-state index contributed by atoms with van der Waals surface area (Å²) in [6.07, 6.45) is 0. The number of hydrogen-bond acceptors (Lipinski definition) is 4. The first kappa shape index (κ1) is 15.0. The Morgan fingerprint density at radius 3 is 2.65 bits per heavy atom. The largest absolute Gasteiger partial charge is 0.435 e. The second-order valence-corrected chi connectivity index (χ2v) is 4.96. The molecule has 118 valence electrons. The van der Waals surface area contributed by atoms with E-state index in [9.17, 15) is 13.6 Å². The molecule has 0 saturated carbocycles. The van der Waals surface area contributed by atoms with Crippen molar-refractivity contribution in [2.45, 2.75) is 13.5 Å². The molecule has 0 radical (unpaired) electrons. The van der Waals surface area contributed by atoms with Gasteiger partial charge in [-0.2, -0.15) is 13.8 Å². The van der Waals surface area contributed by atoms with Crippen molar-refractivity contribution in [2.24, 2.45) is 0 Å². The molecule has 7 heteroatoms. The van der Waals surface area contributed by atoms with Gasteiger partial charge in [-0.05, 0) is 30.7 Å². The topological polar surface area (TPSA) is 70.1 Å². The van der Waals surface area contributed by atoms with Crippen molar-refractivity contribution in [3.63, 3.8) is 0 Å². The van der Waals surface area contributed by atoms with Gasteiger partial charge in [0, 0.05) is 11.5 Å². The van der Waals surface area contributed by atoms with Crippen LogP contribution in [0, 0.1) is 6.92 Å². The Labute approximate surface area is 129 Å². The van der Waals surface area contributed by atoms with Crippen LogP contribution in [0.2, 0.25) is 0 Å². The molecule has 0 amide bonds. The van der Waals surface area contributed by atoms with Gasteiger partial charge in [-0.15, -0.1) is 0 Å². The van der Waals surface area contributed by atoms with Crippen LogP contribution in [-0.2, 0) is 0 Å². The Bertz CT molecular complexity index is 938. The number of nitrogens with two attached hydrogens (primary N) is 1.